The molecule has 0 aromatic heterocycles. The summed E-state index contributed by atoms with van der Waals surface area (Å²) in [4.78, 5) is 0. The first-order valence-electron chi connectivity index (χ1n) is 9.60. The Morgan fingerprint density at radius 2 is 1.17 bits per heavy atom. The third kappa shape index (κ3) is 4.88. The van der Waals surface area contributed by atoms with E-state index in [1.165, 1.54) is 0 Å². The molecular formula is C25H25F3O. The Bertz CT molecular complexity index is 916. The van der Waals surface area contributed by atoms with Crippen molar-refractivity contribution >= 4 is 0 Å². The molecule has 0 amide bonds. The molecular weight excluding hydrogens is 373 g/mol. The lowest BCUT2D eigenvalue weighted by molar-refractivity contribution is -0.266. The molecule has 3 rings (SSSR count). The van der Waals surface area contributed by atoms with Gasteiger partial charge in [0.15, 0.2) is 5.60 Å². The van der Waals surface area contributed by atoms with Crippen molar-refractivity contribution in [1.82, 2.24) is 0 Å². The average Bonchev–Trinajstić information content (AvgIpc) is 2.69. The standard InChI is InChI=1S/C25H25F3O/c1-23(2,22-11-7-4-8-12-22)18-24(29,25(26,27)28)17-19-13-15-21(16-14-19)20-9-5-3-6-10-20/h3-16,29H,17-18H2,1-2H3. The van der Waals surface area contributed by atoms with Gasteiger partial charge in [0.25, 0.3) is 0 Å². The summed E-state index contributed by atoms with van der Waals surface area (Å²) < 4.78 is 41.8. The van der Waals surface area contributed by atoms with Gasteiger partial charge in [0, 0.05) is 6.42 Å². The predicted octanol–water partition coefficient (Wildman–Crippen LogP) is 6.56. The molecule has 29 heavy (non-hydrogen) atoms. The maximum Gasteiger partial charge on any atom is 0.417 e. The van der Waals surface area contributed by atoms with Crippen molar-refractivity contribution in [2.75, 3.05) is 0 Å². The largest absolute Gasteiger partial charge is 0.417 e. The fourth-order valence-electron chi connectivity index (χ4n) is 3.77. The zero-order chi connectivity index (χ0) is 21.1. The van der Waals surface area contributed by atoms with Crippen LogP contribution in [0.15, 0.2) is 84.9 Å². The van der Waals surface area contributed by atoms with Crippen LogP contribution in [-0.2, 0) is 11.8 Å². The SMILES string of the molecule is CC(C)(CC(O)(Cc1ccc(-c2ccccc2)cc1)C(F)(F)F)c1ccccc1. The van der Waals surface area contributed by atoms with Crippen LogP contribution in [0.2, 0.25) is 0 Å². The van der Waals surface area contributed by atoms with E-state index in [1.54, 1.807) is 62.4 Å². The van der Waals surface area contributed by atoms with E-state index in [1.807, 2.05) is 36.4 Å². The van der Waals surface area contributed by atoms with E-state index in [-0.39, 0.29) is 0 Å². The summed E-state index contributed by atoms with van der Waals surface area (Å²) in [6.45, 7) is 3.47. The van der Waals surface area contributed by atoms with Crippen molar-refractivity contribution in [1.29, 1.82) is 0 Å². The number of benzene rings is 3. The number of rotatable bonds is 6. The molecule has 3 aromatic rings. The minimum atomic E-state index is -4.74. The Kier molecular flexibility index (Phi) is 5.85. The average molecular weight is 398 g/mol. The van der Waals surface area contributed by atoms with Gasteiger partial charge in [0.1, 0.15) is 0 Å². The van der Waals surface area contributed by atoms with E-state index in [9.17, 15) is 18.3 Å². The van der Waals surface area contributed by atoms with Gasteiger partial charge >= 0.3 is 6.18 Å². The maximum absolute atomic E-state index is 13.9. The highest BCUT2D eigenvalue weighted by molar-refractivity contribution is 5.63. The van der Waals surface area contributed by atoms with E-state index < -0.39 is 30.0 Å². The molecule has 0 aliphatic rings. The number of hydrogen-bond donors (Lipinski definition) is 1. The summed E-state index contributed by atoms with van der Waals surface area (Å²) >= 11 is 0. The molecule has 3 aromatic carbocycles. The molecule has 4 heteroatoms. The molecule has 1 atom stereocenters. The second kappa shape index (κ2) is 8.03. The monoisotopic (exact) mass is 398 g/mol. The number of hydrogen-bond acceptors (Lipinski definition) is 1. The summed E-state index contributed by atoms with van der Waals surface area (Å²) in [6, 6.07) is 25.6. The molecule has 0 aliphatic heterocycles. The fourth-order valence-corrected chi connectivity index (χ4v) is 3.77. The van der Waals surface area contributed by atoms with Gasteiger partial charge in [-0.25, -0.2) is 0 Å². The van der Waals surface area contributed by atoms with Crippen molar-refractivity contribution in [3.05, 3.63) is 96.1 Å². The smallest absolute Gasteiger partial charge is 0.380 e. The van der Waals surface area contributed by atoms with E-state index >= 15 is 0 Å². The van der Waals surface area contributed by atoms with Gasteiger partial charge in [0.05, 0.1) is 0 Å². The molecule has 1 unspecified atom stereocenters. The summed E-state index contributed by atoms with van der Waals surface area (Å²) in [5, 5.41) is 10.8. The topological polar surface area (TPSA) is 20.2 Å². The Morgan fingerprint density at radius 3 is 1.69 bits per heavy atom. The van der Waals surface area contributed by atoms with Crippen LogP contribution < -0.4 is 0 Å². The Labute approximate surface area is 169 Å². The van der Waals surface area contributed by atoms with Gasteiger partial charge in [-0.1, -0.05) is 98.8 Å². The number of aliphatic hydroxyl groups is 1. The van der Waals surface area contributed by atoms with Crippen molar-refractivity contribution < 1.29 is 18.3 Å². The highest BCUT2D eigenvalue weighted by atomic mass is 19.4. The second-order valence-electron chi connectivity index (χ2n) is 8.20. The van der Waals surface area contributed by atoms with Crippen LogP contribution in [0.1, 0.15) is 31.4 Å². The molecule has 1 N–H and O–H groups in total. The highest BCUT2D eigenvalue weighted by Gasteiger charge is 2.55. The normalized spacial score (nSPS) is 14.4. The first-order valence-corrected chi connectivity index (χ1v) is 9.60. The first-order chi connectivity index (χ1) is 13.6. The quantitative estimate of drug-likeness (QED) is 0.499. The van der Waals surface area contributed by atoms with Crippen LogP contribution in [0, 0.1) is 0 Å². The van der Waals surface area contributed by atoms with E-state index in [0.29, 0.717) is 5.56 Å². The molecule has 0 spiro atoms. The van der Waals surface area contributed by atoms with E-state index in [0.717, 1.165) is 16.7 Å². The van der Waals surface area contributed by atoms with Crippen molar-refractivity contribution in [3.8, 4) is 11.1 Å². The van der Waals surface area contributed by atoms with Crippen LogP contribution in [0.5, 0.6) is 0 Å². The molecule has 0 aliphatic carbocycles. The fraction of sp³-hybridized carbons (Fsp3) is 0.280. The van der Waals surface area contributed by atoms with Gasteiger partial charge in [-0.2, -0.15) is 13.2 Å². The van der Waals surface area contributed by atoms with E-state index in [2.05, 4.69) is 0 Å². The molecule has 1 nitrogen and oxygen atoms in total. The van der Waals surface area contributed by atoms with Gasteiger partial charge in [-0.05, 0) is 34.1 Å². The van der Waals surface area contributed by atoms with Crippen LogP contribution in [0.3, 0.4) is 0 Å². The molecule has 0 fully saturated rings. The molecule has 152 valence electrons. The van der Waals surface area contributed by atoms with E-state index in [4.69, 9.17) is 0 Å². The third-order valence-electron chi connectivity index (χ3n) is 5.37. The number of alkyl halides is 3. The Balaban J connectivity index is 1.86. The number of halogens is 3. The van der Waals surface area contributed by atoms with Gasteiger partial charge in [-0.15, -0.1) is 0 Å². The molecule has 0 saturated heterocycles. The third-order valence-corrected chi connectivity index (χ3v) is 5.37. The van der Waals surface area contributed by atoms with Gasteiger partial charge < -0.3 is 5.11 Å². The minimum absolute atomic E-state index is 0.423. The Hall–Kier alpha value is -2.59. The van der Waals surface area contributed by atoms with Crippen LogP contribution >= 0.6 is 0 Å². The lowest BCUT2D eigenvalue weighted by Crippen LogP contribution is -2.50. The second-order valence-corrected chi connectivity index (χ2v) is 8.20. The molecule has 0 saturated carbocycles. The van der Waals surface area contributed by atoms with Crippen LogP contribution in [0.25, 0.3) is 11.1 Å². The predicted molar refractivity (Wildman–Crippen MR) is 111 cm³/mol. The van der Waals surface area contributed by atoms with Crippen LogP contribution in [0.4, 0.5) is 13.2 Å². The lowest BCUT2D eigenvalue weighted by atomic mass is 9.73. The summed E-state index contributed by atoms with van der Waals surface area (Å²) in [6.07, 6.45) is -5.65. The molecule has 0 heterocycles. The zero-order valence-electron chi connectivity index (χ0n) is 16.6. The highest BCUT2D eigenvalue weighted by Crippen LogP contribution is 2.43. The lowest BCUT2D eigenvalue weighted by Gasteiger charge is -2.38. The van der Waals surface area contributed by atoms with Crippen molar-refractivity contribution in [3.63, 3.8) is 0 Å². The van der Waals surface area contributed by atoms with Crippen molar-refractivity contribution in [2.45, 2.75) is 43.9 Å². The molecule has 0 bridgehead atoms. The minimum Gasteiger partial charge on any atom is -0.380 e. The zero-order valence-corrected chi connectivity index (χ0v) is 16.6. The molecule has 0 radical (unpaired) electrons. The van der Waals surface area contributed by atoms with Gasteiger partial charge in [-0.3, -0.25) is 0 Å². The summed E-state index contributed by atoms with van der Waals surface area (Å²) in [5.74, 6) is 0. The summed E-state index contributed by atoms with van der Waals surface area (Å²) in [7, 11) is 0. The Morgan fingerprint density at radius 1 is 0.690 bits per heavy atom. The van der Waals surface area contributed by atoms with Crippen LogP contribution in [-0.4, -0.2) is 16.9 Å². The maximum atomic E-state index is 13.9. The summed E-state index contributed by atoms with van der Waals surface area (Å²) in [5.41, 5.74) is -0.517. The van der Waals surface area contributed by atoms with Gasteiger partial charge in [0.2, 0.25) is 0 Å². The van der Waals surface area contributed by atoms with Crippen molar-refractivity contribution in [2.24, 2.45) is 0 Å². The first kappa shape index (κ1) is 21.1.